The van der Waals surface area contributed by atoms with Gasteiger partial charge in [0.2, 0.25) is 5.95 Å². The first-order chi connectivity index (χ1) is 15.2. The van der Waals surface area contributed by atoms with Crippen LogP contribution in [0.4, 0.5) is 5.95 Å². The summed E-state index contributed by atoms with van der Waals surface area (Å²) in [6, 6.07) is 15.1. The Balaban J connectivity index is 1.28. The molecule has 0 amide bonds. The first-order valence-electron chi connectivity index (χ1n) is 9.74. The van der Waals surface area contributed by atoms with E-state index >= 15 is 0 Å². The highest BCUT2D eigenvalue weighted by Gasteiger charge is 2.05. The maximum atomic E-state index is 12.3. The summed E-state index contributed by atoms with van der Waals surface area (Å²) in [4.78, 5) is 27.3. The molecule has 0 unspecified atom stereocenters. The minimum atomic E-state index is -0.270. The van der Waals surface area contributed by atoms with Crippen molar-refractivity contribution in [3.63, 3.8) is 0 Å². The Hall–Kier alpha value is -3.71. The van der Waals surface area contributed by atoms with Crippen LogP contribution in [0, 0.1) is 0 Å². The van der Waals surface area contributed by atoms with Gasteiger partial charge in [0.05, 0.1) is 0 Å². The van der Waals surface area contributed by atoms with Crippen molar-refractivity contribution in [2.75, 3.05) is 11.9 Å². The summed E-state index contributed by atoms with van der Waals surface area (Å²) in [7, 11) is 0. The van der Waals surface area contributed by atoms with E-state index in [-0.39, 0.29) is 5.56 Å². The minimum Gasteiger partial charge on any atom is -0.457 e. The van der Waals surface area contributed by atoms with Crippen LogP contribution in [0.1, 0.15) is 16.7 Å². The number of aromatic amines is 1. The fourth-order valence-corrected chi connectivity index (χ4v) is 3.10. The number of hydrogen-bond donors (Lipinski definition) is 2. The molecule has 8 heteroatoms. The number of hydrogen-bond acceptors (Lipinski definition) is 6. The average Bonchev–Trinajstić information content (AvgIpc) is 2.79. The number of benzene rings is 2. The van der Waals surface area contributed by atoms with Crippen molar-refractivity contribution >= 4 is 17.5 Å². The Morgan fingerprint density at radius 2 is 1.61 bits per heavy atom. The molecule has 2 aromatic heterocycles. The van der Waals surface area contributed by atoms with E-state index in [4.69, 9.17) is 16.3 Å². The molecule has 0 bridgehead atoms. The first kappa shape index (κ1) is 20.6. The Morgan fingerprint density at radius 1 is 0.935 bits per heavy atom. The molecular formula is C23H20ClN5O2. The standard InChI is InChI=1S/C23H20ClN5O2/c24-19-3-7-21(8-4-19)31-20-5-1-16(2-6-20)9-10-27-23-28-14-18(22(30)29-23)11-17-12-25-15-26-13-17/h1-8,12-15H,9-11H2,(H2,27,28,29,30). The minimum absolute atomic E-state index is 0.270. The summed E-state index contributed by atoms with van der Waals surface area (Å²) in [6.07, 6.45) is 7.71. The summed E-state index contributed by atoms with van der Waals surface area (Å²) < 4.78 is 5.80. The van der Waals surface area contributed by atoms with Crippen LogP contribution in [0.3, 0.4) is 0 Å². The molecular weight excluding hydrogens is 414 g/mol. The van der Waals surface area contributed by atoms with Gasteiger partial charge in [-0.05, 0) is 53.9 Å². The number of nitrogens with one attached hydrogen (secondary N) is 2. The molecule has 0 fully saturated rings. The van der Waals surface area contributed by atoms with E-state index < -0.39 is 0 Å². The molecule has 31 heavy (non-hydrogen) atoms. The highest BCUT2D eigenvalue weighted by molar-refractivity contribution is 6.30. The van der Waals surface area contributed by atoms with E-state index in [9.17, 15) is 4.79 Å². The van der Waals surface area contributed by atoms with Gasteiger partial charge in [-0.25, -0.2) is 9.97 Å². The maximum Gasteiger partial charge on any atom is 0.277 e. The Morgan fingerprint density at radius 3 is 2.29 bits per heavy atom. The van der Waals surface area contributed by atoms with Crippen LogP contribution < -0.4 is 15.6 Å². The van der Waals surface area contributed by atoms with E-state index in [0.29, 0.717) is 29.5 Å². The maximum absolute atomic E-state index is 12.3. The molecule has 0 aliphatic heterocycles. The van der Waals surface area contributed by atoms with Gasteiger partial charge in [0.15, 0.2) is 0 Å². The van der Waals surface area contributed by atoms with Crippen LogP contribution in [-0.4, -0.2) is 26.5 Å². The van der Waals surface area contributed by atoms with E-state index in [1.165, 1.54) is 6.33 Å². The third-order valence-corrected chi connectivity index (χ3v) is 4.81. The van der Waals surface area contributed by atoms with Crippen molar-refractivity contribution in [3.8, 4) is 11.5 Å². The van der Waals surface area contributed by atoms with Crippen molar-refractivity contribution in [2.45, 2.75) is 12.8 Å². The van der Waals surface area contributed by atoms with Crippen molar-refractivity contribution in [3.05, 3.63) is 106 Å². The molecule has 0 saturated heterocycles. The van der Waals surface area contributed by atoms with Gasteiger partial charge in [-0.2, -0.15) is 4.98 Å². The molecule has 0 aliphatic carbocycles. The van der Waals surface area contributed by atoms with Crippen LogP contribution >= 0.6 is 11.6 Å². The third-order valence-electron chi connectivity index (χ3n) is 4.56. The van der Waals surface area contributed by atoms with Gasteiger partial charge >= 0.3 is 0 Å². The Kier molecular flexibility index (Phi) is 6.54. The number of halogens is 1. The summed E-state index contributed by atoms with van der Waals surface area (Å²) in [5, 5.41) is 3.82. The molecule has 2 N–H and O–H groups in total. The van der Waals surface area contributed by atoms with Gasteiger partial charge in [0, 0.05) is 42.1 Å². The van der Waals surface area contributed by atoms with Gasteiger partial charge < -0.3 is 15.0 Å². The van der Waals surface area contributed by atoms with E-state index in [1.807, 2.05) is 36.4 Å². The number of nitrogens with zero attached hydrogens (tertiary/aromatic N) is 3. The average molecular weight is 434 g/mol. The highest BCUT2D eigenvalue weighted by Crippen LogP contribution is 2.23. The Bertz CT molecular complexity index is 1180. The number of rotatable bonds is 8. The number of aromatic nitrogens is 4. The number of anilines is 1. The van der Waals surface area contributed by atoms with Crippen molar-refractivity contribution in [1.82, 2.24) is 19.9 Å². The molecule has 4 rings (SSSR count). The molecule has 0 atom stereocenters. The third kappa shape index (κ3) is 5.90. The van der Waals surface area contributed by atoms with Gasteiger partial charge in [0.1, 0.15) is 17.8 Å². The zero-order valence-electron chi connectivity index (χ0n) is 16.6. The summed E-state index contributed by atoms with van der Waals surface area (Å²) >= 11 is 5.89. The quantitative estimate of drug-likeness (QED) is 0.431. The molecule has 0 saturated carbocycles. The smallest absolute Gasteiger partial charge is 0.277 e. The van der Waals surface area contributed by atoms with Crippen LogP contribution in [0.2, 0.25) is 5.02 Å². The molecule has 2 heterocycles. The molecule has 7 nitrogen and oxygen atoms in total. The van der Waals surface area contributed by atoms with Gasteiger partial charge in [-0.15, -0.1) is 0 Å². The van der Waals surface area contributed by atoms with Crippen molar-refractivity contribution in [2.24, 2.45) is 0 Å². The van der Waals surface area contributed by atoms with E-state index in [1.54, 1.807) is 30.7 Å². The van der Waals surface area contributed by atoms with Crippen molar-refractivity contribution in [1.29, 1.82) is 0 Å². The zero-order chi connectivity index (χ0) is 21.5. The van der Waals surface area contributed by atoms with Crippen LogP contribution in [-0.2, 0) is 12.8 Å². The fraction of sp³-hybridized carbons (Fsp3) is 0.130. The van der Waals surface area contributed by atoms with Gasteiger partial charge in [0.25, 0.3) is 5.56 Å². The normalized spacial score (nSPS) is 10.6. The van der Waals surface area contributed by atoms with Crippen LogP contribution in [0.5, 0.6) is 11.5 Å². The predicted octanol–water partition coefficient (Wildman–Crippen LogP) is 4.25. The molecule has 0 radical (unpaired) electrons. The largest absolute Gasteiger partial charge is 0.457 e. The highest BCUT2D eigenvalue weighted by atomic mass is 35.5. The van der Waals surface area contributed by atoms with E-state index in [0.717, 1.165) is 29.0 Å². The van der Waals surface area contributed by atoms with Crippen LogP contribution in [0.15, 0.2) is 78.2 Å². The topological polar surface area (TPSA) is 92.8 Å². The fourth-order valence-electron chi connectivity index (χ4n) is 2.97. The number of H-pyrrole nitrogens is 1. The summed E-state index contributed by atoms with van der Waals surface area (Å²) in [6.45, 7) is 0.631. The lowest BCUT2D eigenvalue weighted by atomic mass is 10.1. The molecule has 0 spiro atoms. The lowest BCUT2D eigenvalue weighted by molar-refractivity contribution is 0.482. The lowest BCUT2D eigenvalue weighted by Crippen LogP contribution is -2.18. The second-order valence-corrected chi connectivity index (χ2v) is 7.32. The predicted molar refractivity (Wildman–Crippen MR) is 120 cm³/mol. The molecule has 156 valence electrons. The Labute approximate surface area is 184 Å². The first-order valence-corrected chi connectivity index (χ1v) is 10.1. The van der Waals surface area contributed by atoms with Gasteiger partial charge in [-0.1, -0.05) is 23.7 Å². The van der Waals surface area contributed by atoms with E-state index in [2.05, 4.69) is 25.3 Å². The lowest BCUT2D eigenvalue weighted by Gasteiger charge is -2.08. The second-order valence-electron chi connectivity index (χ2n) is 6.88. The van der Waals surface area contributed by atoms with Gasteiger partial charge in [-0.3, -0.25) is 4.79 Å². The second kappa shape index (κ2) is 9.86. The summed E-state index contributed by atoms with van der Waals surface area (Å²) in [5.41, 5.74) is 2.29. The summed E-state index contributed by atoms with van der Waals surface area (Å²) in [5.74, 6) is 1.93. The van der Waals surface area contributed by atoms with Crippen LogP contribution in [0.25, 0.3) is 0 Å². The zero-order valence-corrected chi connectivity index (χ0v) is 17.3. The molecule has 2 aromatic carbocycles. The molecule has 0 aliphatic rings. The van der Waals surface area contributed by atoms with Crippen molar-refractivity contribution < 1.29 is 4.74 Å². The monoisotopic (exact) mass is 433 g/mol. The molecule has 4 aromatic rings. The number of ether oxygens (including phenoxy) is 1. The SMILES string of the molecule is O=c1nc(NCCc2ccc(Oc3ccc(Cl)cc3)cc2)[nH]cc1Cc1cncnc1.